The van der Waals surface area contributed by atoms with E-state index < -0.39 is 0 Å². The fraction of sp³-hybridized carbons (Fsp3) is 0.0909. The van der Waals surface area contributed by atoms with Gasteiger partial charge in [0.2, 0.25) is 0 Å². The number of hydrogen-bond donors (Lipinski definition) is 0. The fourth-order valence-electron chi connectivity index (χ4n) is 1.61. The maximum Gasteiger partial charge on any atom is 0.162 e. The van der Waals surface area contributed by atoms with Crippen LogP contribution in [0, 0.1) is 0 Å². The third-order valence-corrected chi connectivity index (χ3v) is 3.47. The second-order valence-electron chi connectivity index (χ2n) is 3.45. The molecule has 5 heteroatoms. The summed E-state index contributed by atoms with van der Waals surface area (Å²) in [6.07, 6.45) is 2.71. The molecule has 3 nitrogen and oxygen atoms in total. The Labute approximate surface area is 101 Å². The van der Waals surface area contributed by atoms with Gasteiger partial charge in [0.05, 0.1) is 0 Å². The Balaban J connectivity index is 2.04. The molecule has 3 aromatic rings. The molecule has 0 saturated carbocycles. The Morgan fingerprint density at radius 2 is 2.25 bits per heavy atom. The van der Waals surface area contributed by atoms with Gasteiger partial charge in [-0.2, -0.15) is 0 Å². The minimum Gasteiger partial charge on any atom is -0.286 e. The zero-order chi connectivity index (χ0) is 11.0. The first-order chi connectivity index (χ1) is 7.83. The molecule has 0 aliphatic rings. The van der Waals surface area contributed by atoms with Gasteiger partial charge in [-0.1, -0.05) is 17.7 Å². The van der Waals surface area contributed by atoms with Gasteiger partial charge in [-0.25, -0.2) is 0 Å². The van der Waals surface area contributed by atoms with Gasteiger partial charge in [0.1, 0.15) is 5.82 Å². The van der Waals surface area contributed by atoms with Crippen molar-refractivity contribution in [1.82, 2.24) is 14.6 Å². The molecule has 0 aliphatic carbocycles. The average Bonchev–Trinajstić information content (AvgIpc) is 2.89. The topological polar surface area (TPSA) is 30.2 Å². The first-order valence-electron chi connectivity index (χ1n) is 4.84. The predicted octanol–water partition coefficient (Wildman–Crippen LogP) is 3.04. The number of hydrogen-bond acceptors (Lipinski definition) is 3. The highest BCUT2D eigenvalue weighted by Gasteiger charge is 2.06. The van der Waals surface area contributed by atoms with Gasteiger partial charge in [0.25, 0.3) is 0 Å². The molecular formula is C11H8ClN3S. The van der Waals surface area contributed by atoms with E-state index in [0.717, 1.165) is 17.9 Å². The van der Waals surface area contributed by atoms with Crippen molar-refractivity contribution in [3.8, 4) is 0 Å². The van der Waals surface area contributed by atoms with Gasteiger partial charge in [0, 0.05) is 28.6 Å². The summed E-state index contributed by atoms with van der Waals surface area (Å²) in [6, 6.07) is 7.80. The second-order valence-corrected chi connectivity index (χ2v) is 4.91. The summed E-state index contributed by atoms with van der Waals surface area (Å²) in [5.41, 5.74) is 0.791. The van der Waals surface area contributed by atoms with Crippen molar-refractivity contribution in [3.05, 3.63) is 51.6 Å². The van der Waals surface area contributed by atoms with Crippen molar-refractivity contribution in [2.45, 2.75) is 6.42 Å². The molecule has 3 rings (SSSR count). The van der Waals surface area contributed by atoms with E-state index in [1.807, 2.05) is 28.8 Å². The van der Waals surface area contributed by atoms with Gasteiger partial charge in [-0.05, 0) is 17.5 Å². The third-order valence-electron chi connectivity index (χ3n) is 2.36. The zero-order valence-electron chi connectivity index (χ0n) is 8.30. The molecule has 0 unspecified atom stereocenters. The first kappa shape index (κ1) is 9.81. The minimum atomic E-state index is 0.683. The van der Waals surface area contributed by atoms with Gasteiger partial charge in [0.15, 0.2) is 5.65 Å². The third kappa shape index (κ3) is 1.70. The van der Waals surface area contributed by atoms with Crippen LogP contribution in [0.2, 0.25) is 5.02 Å². The monoisotopic (exact) mass is 249 g/mol. The van der Waals surface area contributed by atoms with E-state index in [4.69, 9.17) is 11.6 Å². The van der Waals surface area contributed by atoms with Crippen LogP contribution in [0.25, 0.3) is 5.65 Å². The summed E-state index contributed by atoms with van der Waals surface area (Å²) >= 11 is 7.62. The molecule has 80 valence electrons. The van der Waals surface area contributed by atoms with Crippen molar-refractivity contribution in [1.29, 1.82) is 0 Å². The zero-order valence-corrected chi connectivity index (χ0v) is 9.87. The molecule has 0 bridgehead atoms. The van der Waals surface area contributed by atoms with Crippen LogP contribution in [0.4, 0.5) is 0 Å². The number of fused-ring (bicyclic) bond motifs is 1. The summed E-state index contributed by atoms with van der Waals surface area (Å²) in [5.74, 6) is 0.939. The Morgan fingerprint density at radius 1 is 1.31 bits per heavy atom. The van der Waals surface area contributed by atoms with Crippen molar-refractivity contribution >= 4 is 28.6 Å². The molecule has 0 fully saturated rings. The highest BCUT2D eigenvalue weighted by Crippen LogP contribution is 2.16. The van der Waals surface area contributed by atoms with Crippen LogP contribution in [0.3, 0.4) is 0 Å². The summed E-state index contributed by atoms with van der Waals surface area (Å²) in [5, 5.41) is 11.0. The van der Waals surface area contributed by atoms with Crippen LogP contribution in [-0.4, -0.2) is 14.6 Å². The Kier molecular flexibility index (Phi) is 2.38. The molecule has 3 aromatic heterocycles. The lowest BCUT2D eigenvalue weighted by molar-refractivity contribution is 0.945. The molecule has 0 aliphatic heterocycles. The van der Waals surface area contributed by atoms with Gasteiger partial charge in [-0.3, -0.25) is 4.40 Å². The van der Waals surface area contributed by atoms with Crippen LogP contribution in [-0.2, 0) is 6.42 Å². The lowest BCUT2D eigenvalue weighted by Gasteiger charge is -1.97. The Bertz CT molecular complexity index is 615. The molecule has 0 spiro atoms. The number of nitrogens with zero attached hydrogens (tertiary/aromatic N) is 3. The fourth-order valence-corrected chi connectivity index (χ4v) is 2.46. The van der Waals surface area contributed by atoms with Crippen LogP contribution < -0.4 is 0 Å². The van der Waals surface area contributed by atoms with Gasteiger partial charge < -0.3 is 0 Å². The normalized spacial score (nSPS) is 11.1. The lowest BCUT2D eigenvalue weighted by atomic mass is 10.3. The summed E-state index contributed by atoms with van der Waals surface area (Å²) in [7, 11) is 0. The first-order valence-corrected chi connectivity index (χ1v) is 6.10. The van der Waals surface area contributed by atoms with Gasteiger partial charge >= 0.3 is 0 Å². The molecule has 0 N–H and O–H groups in total. The number of thiophene rings is 1. The smallest absolute Gasteiger partial charge is 0.162 e. The van der Waals surface area contributed by atoms with Crippen molar-refractivity contribution in [3.63, 3.8) is 0 Å². The predicted molar refractivity (Wildman–Crippen MR) is 65.1 cm³/mol. The quantitative estimate of drug-likeness (QED) is 0.699. The SMILES string of the molecule is Clc1ccn2c(Cc3cccs3)nnc2c1. The second kappa shape index (κ2) is 3.88. The molecule has 0 amide bonds. The summed E-state index contributed by atoms with van der Waals surface area (Å²) in [4.78, 5) is 1.28. The maximum atomic E-state index is 5.89. The molecule has 0 atom stereocenters. The number of halogens is 1. The highest BCUT2D eigenvalue weighted by atomic mass is 35.5. The maximum absolute atomic E-state index is 5.89. The molecular weight excluding hydrogens is 242 g/mol. The summed E-state index contributed by atoms with van der Waals surface area (Å²) < 4.78 is 1.96. The van der Waals surface area contributed by atoms with E-state index in [-0.39, 0.29) is 0 Å². The Morgan fingerprint density at radius 3 is 3.06 bits per heavy atom. The average molecular weight is 250 g/mol. The van der Waals surface area contributed by atoms with E-state index in [9.17, 15) is 0 Å². The highest BCUT2D eigenvalue weighted by molar-refractivity contribution is 7.09. The molecule has 3 heterocycles. The lowest BCUT2D eigenvalue weighted by Crippen LogP contribution is -1.94. The number of aromatic nitrogens is 3. The van der Waals surface area contributed by atoms with E-state index in [0.29, 0.717) is 5.02 Å². The van der Waals surface area contributed by atoms with E-state index in [2.05, 4.69) is 21.6 Å². The molecule has 0 saturated heterocycles. The van der Waals surface area contributed by atoms with Crippen LogP contribution in [0.15, 0.2) is 35.8 Å². The van der Waals surface area contributed by atoms with Crippen molar-refractivity contribution in [2.24, 2.45) is 0 Å². The summed E-state index contributed by atoms with van der Waals surface area (Å²) in [6.45, 7) is 0. The minimum absolute atomic E-state index is 0.683. The van der Waals surface area contributed by atoms with E-state index >= 15 is 0 Å². The number of pyridine rings is 1. The Hall–Kier alpha value is -1.39. The van der Waals surface area contributed by atoms with Crippen molar-refractivity contribution < 1.29 is 0 Å². The standard InChI is InChI=1S/C11H8ClN3S/c12-8-3-4-15-10(6-8)13-14-11(15)7-9-2-1-5-16-9/h1-6H,7H2. The van der Waals surface area contributed by atoms with E-state index in [1.165, 1.54) is 4.88 Å². The number of rotatable bonds is 2. The van der Waals surface area contributed by atoms with Gasteiger partial charge in [-0.15, -0.1) is 21.5 Å². The van der Waals surface area contributed by atoms with Crippen LogP contribution in [0.1, 0.15) is 10.7 Å². The largest absolute Gasteiger partial charge is 0.286 e. The van der Waals surface area contributed by atoms with E-state index in [1.54, 1.807) is 11.3 Å². The van der Waals surface area contributed by atoms with Crippen LogP contribution in [0.5, 0.6) is 0 Å². The molecule has 16 heavy (non-hydrogen) atoms. The van der Waals surface area contributed by atoms with Crippen LogP contribution >= 0.6 is 22.9 Å². The van der Waals surface area contributed by atoms with Crippen molar-refractivity contribution in [2.75, 3.05) is 0 Å². The molecule has 0 aromatic carbocycles. The molecule has 0 radical (unpaired) electrons.